The van der Waals surface area contributed by atoms with Crippen LogP contribution in [-0.2, 0) is 66.5 Å². The highest BCUT2D eigenvalue weighted by molar-refractivity contribution is 5.77. The zero-order valence-electron chi connectivity index (χ0n) is 35.8. The predicted molar refractivity (Wildman–Crippen MR) is 202 cm³/mol. The number of methoxy groups -OCH3 is 1. The molecule has 0 saturated carbocycles. The maximum absolute atomic E-state index is 13.2. The summed E-state index contributed by atoms with van der Waals surface area (Å²) in [7, 11) is 1.03. The molecule has 0 radical (unpaired) electrons. The molecule has 5 aliphatic rings. The first-order valence-corrected chi connectivity index (χ1v) is 20.8. The molecule has 0 aromatic heterocycles. The van der Waals surface area contributed by atoms with Gasteiger partial charge in [-0.05, 0) is 6.92 Å². The van der Waals surface area contributed by atoms with Gasteiger partial charge in [-0.3, -0.25) is 4.79 Å². The first kappa shape index (κ1) is 55.4. The number of aliphatic hydroxyl groups is 14. The molecular weight excluding hydrogens is 924 g/mol. The molecule has 30 heteroatoms. The van der Waals surface area contributed by atoms with Gasteiger partial charge in [-0.25, -0.2) is 9.59 Å². The number of esters is 1. The number of hydrogen-bond acceptors (Lipinski definition) is 28. The van der Waals surface area contributed by atoms with Crippen molar-refractivity contribution < 1.29 is 148 Å². The Morgan fingerprint density at radius 3 is 1.61 bits per heavy atom. The van der Waals surface area contributed by atoms with E-state index >= 15 is 0 Å². The molecule has 5 fully saturated rings. The first-order chi connectivity index (χ1) is 31.5. The monoisotopic (exact) mass is 984 g/mol. The summed E-state index contributed by atoms with van der Waals surface area (Å²) in [4.78, 5) is 39.2. The van der Waals surface area contributed by atoms with Gasteiger partial charge in [0.25, 0.3) is 5.79 Å². The van der Waals surface area contributed by atoms with Crippen LogP contribution in [0.2, 0.25) is 0 Å². The Kier molecular flexibility index (Phi) is 19.1. The fraction of sp³-hybridized carbons (Fsp3) is 0.919. The number of rotatable bonds is 18. The molecule has 0 aliphatic carbocycles. The van der Waals surface area contributed by atoms with E-state index in [1.54, 1.807) is 0 Å². The van der Waals surface area contributed by atoms with Crippen LogP contribution in [0.25, 0.3) is 0 Å². The summed E-state index contributed by atoms with van der Waals surface area (Å²) in [5.41, 5.74) is 0. The van der Waals surface area contributed by atoms with Crippen LogP contribution >= 0.6 is 0 Å². The third-order valence-electron chi connectivity index (χ3n) is 12.0. The van der Waals surface area contributed by atoms with Gasteiger partial charge < -0.3 is 134 Å². The van der Waals surface area contributed by atoms with Crippen LogP contribution in [0.3, 0.4) is 0 Å². The fourth-order valence-corrected chi connectivity index (χ4v) is 8.42. The maximum atomic E-state index is 13.2. The molecule has 5 aliphatic heterocycles. The van der Waals surface area contributed by atoms with E-state index in [0.717, 1.165) is 14.0 Å². The molecule has 26 atom stereocenters. The van der Waals surface area contributed by atoms with Gasteiger partial charge in [0.05, 0.1) is 38.6 Å². The molecule has 67 heavy (non-hydrogen) atoms. The van der Waals surface area contributed by atoms with Crippen molar-refractivity contribution in [3.05, 3.63) is 0 Å². The van der Waals surface area contributed by atoms with Crippen molar-refractivity contribution in [3.8, 4) is 0 Å². The van der Waals surface area contributed by atoms with Crippen molar-refractivity contribution in [2.75, 3.05) is 33.5 Å². The lowest BCUT2D eigenvalue weighted by Gasteiger charge is -2.51. The highest BCUT2D eigenvalue weighted by Gasteiger charge is 2.63. The molecule has 5 heterocycles. The van der Waals surface area contributed by atoms with Crippen LogP contribution in [0.4, 0.5) is 0 Å². The Hall–Kier alpha value is -2.55. The van der Waals surface area contributed by atoms with Gasteiger partial charge in [-0.2, -0.15) is 0 Å². The molecule has 5 saturated heterocycles. The number of hydrogen-bond donors (Lipinski definition) is 16. The lowest BCUT2D eigenvalue weighted by atomic mass is 9.90. The molecule has 0 amide bonds. The average molecular weight is 985 g/mol. The SMILES string of the molecule is COC1C(O)C(CO)OC(OC2C(OC3C(O)C(CO)OC(OC4C(O)C(C)OC(CO)C4O)C3O)OC(C(=O)O)C(OC3(C(=O)O)CC(O)C(O)C(C(O)C(O)CO)O3)C2OC(C)=O)C1O. The van der Waals surface area contributed by atoms with E-state index in [-0.39, 0.29) is 0 Å². The Morgan fingerprint density at radius 1 is 0.627 bits per heavy atom. The van der Waals surface area contributed by atoms with Gasteiger partial charge in [0.1, 0.15) is 104 Å². The summed E-state index contributed by atoms with van der Waals surface area (Å²) >= 11 is 0. The highest BCUT2D eigenvalue weighted by atomic mass is 16.8. The molecule has 16 N–H and O–H groups in total. The Labute approximate surface area is 378 Å². The van der Waals surface area contributed by atoms with Crippen LogP contribution in [0, 0.1) is 0 Å². The number of ether oxygens (including phenoxy) is 11. The van der Waals surface area contributed by atoms with E-state index in [4.69, 9.17) is 52.1 Å². The number of aliphatic hydroxyl groups excluding tert-OH is 14. The molecule has 0 bridgehead atoms. The highest BCUT2D eigenvalue weighted by Crippen LogP contribution is 2.41. The summed E-state index contributed by atoms with van der Waals surface area (Å²) in [6.45, 7) is -1.86. The second kappa shape index (κ2) is 23.1. The Bertz CT molecular complexity index is 1630. The molecule has 5 rings (SSSR count). The summed E-state index contributed by atoms with van der Waals surface area (Å²) in [6, 6.07) is 0. The van der Waals surface area contributed by atoms with E-state index < -0.39 is 210 Å². The normalized spacial score (nSPS) is 47.1. The maximum Gasteiger partial charge on any atom is 0.364 e. The first-order valence-electron chi connectivity index (χ1n) is 20.8. The van der Waals surface area contributed by atoms with E-state index in [1.807, 2.05) is 0 Å². The summed E-state index contributed by atoms with van der Waals surface area (Å²) in [5.74, 6) is -8.97. The molecule has 0 aromatic carbocycles. The molecule has 0 aromatic rings. The average Bonchev–Trinajstić information content (AvgIpc) is 3.28. The number of aliphatic carboxylic acids is 2. The molecule has 388 valence electrons. The number of carbonyl (C=O) groups is 3. The van der Waals surface area contributed by atoms with E-state index in [1.165, 1.54) is 6.92 Å². The van der Waals surface area contributed by atoms with E-state index in [0.29, 0.717) is 0 Å². The van der Waals surface area contributed by atoms with Crippen molar-refractivity contribution in [1.29, 1.82) is 0 Å². The standard InChI is InChI=1S/C37H60O30/c1-9-16(45)25(20(49)13(6-39)58-9)62-34-23(52)26(21(50)15(8-41)61-34)63-35-31(65-33-22(51)24(57-3)19(48)14(7-40)60-33)28(59-10(2)42)29(30(64-35)32(53)54)67-37(36(55)56)4-11(43)17(46)27(66-37)18(47)12(44)5-38/h9,11-31,33-35,38-41,43-52H,4-8H2,1-3H3,(H,53,54)(H,55,56). The van der Waals surface area contributed by atoms with Gasteiger partial charge in [0.15, 0.2) is 37.2 Å². The summed E-state index contributed by atoms with van der Waals surface area (Å²) < 4.78 is 61.8. The van der Waals surface area contributed by atoms with Crippen molar-refractivity contribution in [2.45, 2.75) is 179 Å². The van der Waals surface area contributed by atoms with E-state index in [9.17, 15) is 96.1 Å². The third kappa shape index (κ3) is 11.5. The zero-order chi connectivity index (χ0) is 50.0. The molecular formula is C37H60O30. The van der Waals surface area contributed by atoms with Gasteiger partial charge in [0, 0.05) is 20.5 Å². The largest absolute Gasteiger partial charge is 0.479 e. The minimum atomic E-state index is -3.39. The van der Waals surface area contributed by atoms with Gasteiger partial charge >= 0.3 is 17.9 Å². The van der Waals surface area contributed by atoms with Crippen molar-refractivity contribution in [2.24, 2.45) is 0 Å². The zero-order valence-corrected chi connectivity index (χ0v) is 35.8. The Balaban J connectivity index is 1.61. The lowest BCUT2D eigenvalue weighted by Crippen LogP contribution is -2.71. The van der Waals surface area contributed by atoms with Gasteiger partial charge in [0.2, 0.25) is 0 Å². The topological polar surface area (TPSA) is 476 Å². The minimum absolute atomic E-state index is 0.758. The minimum Gasteiger partial charge on any atom is -0.479 e. The molecule has 26 unspecified atom stereocenters. The van der Waals surface area contributed by atoms with E-state index in [2.05, 4.69) is 0 Å². The van der Waals surface area contributed by atoms with Crippen molar-refractivity contribution in [1.82, 2.24) is 0 Å². The van der Waals surface area contributed by atoms with Crippen molar-refractivity contribution in [3.63, 3.8) is 0 Å². The van der Waals surface area contributed by atoms with Crippen LogP contribution in [-0.4, -0.2) is 292 Å². The summed E-state index contributed by atoms with van der Waals surface area (Å²) in [6.07, 6.45) is -52.3. The molecule has 30 nitrogen and oxygen atoms in total. The molecule has 0 spiro atoms. The number of carboxylic acids is 2. The second-order valence-electron chi connectivity index (χ2n) is 16.5. The van der Waals surface area contributed by atoms with Crippen molar-refractivity contribution >= 4 is 17.9 Å². The van der Waals surface area contributed by atoms with Gasteiger partial charge in [-0.15, -0.1) is 0 Å². The fourth-order valence-electron chi connectivity index (χ4n) is 8.42. The predicted octanol–water partition coefficient (Wildman–Crippen LogP) is -10.3. The van der Waals surface area contributed by atoms with Crippen LogP contribution in [0.1, 0.15) is 20.3 Å². The Morgan fingerprint density at radius 2 is 1.12 bits per heavy atom. The quantitative estimate of drug-likeness (QED) is 0.0567. The van der Waals surface area contributed by atoms with Gasteiger partial charge in [-0.1, -0.05) is 0 Å². The lowest BCUT2D eigenvalue weighted by molar-refractivity contribution is -0.407. The van der Waals surface area contributed by atoms with Crippen LogP contribution in [0.15, 0.2) is 0 Å². The summed E-state index contributed by atoms with van der Waals surface area (Å²) in [5, 5.41) is 170. The smallest absolute Gasteiger partial charge is 0.364 e. The number of carbonyl (C=O) groups excluding carboxylic acids is 1. The number of carboxylic acid groups (broad SMARTS) is 2. The third-order valence-corrected chi connectivity index (χ3v) is 12.0. The van der Waals surface area contributed by atoms with Crippen LogP contribution < -0.4 is 0 Å². The second-order valence-corrected chi connectivity index (χ2v) is 16.5. The van der Waals surface area contributed by atoms with Crippen LogP contribution in [0.5, 0.6) is 0 Å².